The molecule has 0 aromatic heterocycles. The molecule has 0 unspecified atom stereocenters. The molecule has 0 bridgehead atoms. The number of benzene rings is 2. The number of rotatable bonds is 7. The molecule has 1 heterocycles. The van der Waals surface area contributed by atoms with Gasteiger partial charge in [-0.3, -0.25) is 4.79 Å². The van der Waals surface area contributed by atoms with Crippen molar-refractivity contribution >= 4 is 11.9 Å². The Morgan fingerprint density at radius 2 is 1.50 bits per heavy atom. The molecule has 2 aliphatic rings. The number of hydrogen-bond donors (Lipinski definition) is 3. The van der Waals surface area contributed by atoms with E-state index in [9.17, 15) is 14.0 Å². The van der Waals surface area contributed by atoms with Crippen molar-refractivity contribution in [3.05, 3.63) is 59.4 Å². The highest BCUT2D eigenvalue weighted by molar-refractivity contribution is 5.94. The minimum absolute atomic E-state index is 0.107. The van der Waals surface area contributed by atoms with Crippen molar-refractivity contribution in [1.82, 2.24) is 16.0 Å². The van der Waals surface area contributed by atoms with Gasteiger partial charge < -0.3 is 25.4 Å². The van der Waals surface area contributed by atoms with Crippen molar-refractivity contribution < 1.29 is 23.5 Å². The lowest BCUT2D eigenvalue weighted by Gasteiger charge is -2.28. The van der Waals surface area contributed by atoms with Crippen molar-refractivity contribution in [3.8, 4) is 11.5 Å². The van der Waals surface area contributed by atoms with Crippen molar-refractivity contribution in [2.24, 2.45) is 11.8 Å². The second-order valence-corrected chi connectivity index (χ2v) is 8.35. The van der Waals surface area contributed by atoms with E-state index in [0.717, 1.165) is 31.2 Å². The van der Waals surface area contributed by atoms with E-state index in [-0.39, 0.29) is 24.5 Å². The van der Waals surface area contributed by atoms with Crippen LogP contribution in [0, 0.1) is 17.7 Å². The molecule has 7 nitrogen and oxygen atoms in total. The standard InChI is InChI=1S/C24H28FN3O4/c25-20-8-5-18(6-9-20)14-28-24(30)27-13-17-3-1-16(2-4-17)12-26-23(29)19-7-10-21-22(11-19)32-15-31-21/h5-11,16-17H,1-4,12-15H2,(H,26,29)(H2,27,28,30). The number of ether oxygens (including phenoxy) is 2. The van der Waals surface area contributed by atoms with Crippen LogP contribution in [-0.4, -0.2) is 31.8 Å². The quantitative estimate of drug-likeness (QED) is 0.613. The van der Waals surface area contributed by atoms with Gasteiger partial charge in [0.25, 0.3) is 5.91 Å². The number of carbonyl (C=O) groups is 2. The molecule has 1 aliphatic carbocycles. The lowest BCUT2D eigenvalue weighted by Crippen LogP contribution is -2.39. The summed E-state index contributed by atoms with van der Waals surface area (Å²) in [7, 11) is 0. The first-order chi connectivity index (χ1) is 15.6. The van der Waals surface area contributed by atoms with Gasteiger partial charge in [-0.25, -0.2) is 9.18 Å². The molecule has 4 rings (SSSR count). The summed E-state index contributed by atoms with van der Waals surface area (Å²) < 4.78 is 23.5. The molecule has 170 valence electrons. The molecule has 2 aromatic rings. The SMILES string of the molecule is O=C(NCc1ccc(F)cc1)NCC1CCC(CNC(=O)c2ccc3c(c2)OCO3)CC1. The zero-order valence-electron chi connectivity index (χ0n) is 17.9. The number of halogens is 1. The number of amides is 3. The van der Waals surface area contributed by atoms with Crippen LogP contribution in [0.2, 0.25) is 0 Å². The summed E-state index contributed by atoms with van der Waals surface area (Å²) in [6.45, 7) is 1.83. The summed E-state index contributed by atoms with van der Waals surface area (Å²) in [5.41, 5.74) is 1.42. The molecule has 0 spiro atoms. The second kappa shape index (κ2) is 10.3. The summed E-state index contributed by atoms with van der Waals surface area (Å²) in [4.78, 5) is 24.4. The summed E-state index contributed by atoms with van der Waals surface area (Å²) >= 11 is 0. The third-order valence-electron chi connectivity index (χ3n) is 6.07. The zero-order chi connectivity index (χ0) is 22.3. The van der Waals surface area contributed by atoms with Crippen molar-refractivity contribution in [1.29, 1.82) is 0 Å². The molecule has 0 atom stereocenters. The van der Waals surface area contributed by atoms with Crippen LogP contribution in [0.15, 0.2) is 42.5 Å². The Bertz CT molecular complexity index is 943. The molecule has 2 aromatic carbocycles. The normalized spacial score (nSPS) is 19.3. The highest BCUT2D eigenvalue weighted by Crippen LogP contribution is 2.32. The molecule has 1 aliphatic heterocycles. The Morgan fingerprint density at radius 3 is 2.22 bits per heavy atom. The van der Waals surface area contributed by atoms with E-state index in [1.54, 1.807) is 30.3 Å². The molecule has 8 heteroatoms. The Hall–Kier alpha value is -3.29. The van der Waals surface area contributed by atoms with Gasteiger partial charge in [0.2, 0.25) is 6.79 Å². The van der Waals surface area contributed by atoms with Crippen LogP contribution in [0.3, 0.4) is 0 Å². The third kappa shape index (κ3) is 5.90. The predicted octanol–water partition coefficient (Wildman–Crippen LogP) is 3.59. The summed E-state index contributed by atoms with van der Waals surface area (Å²) in [5, 5.41) is 8.74. The Labute approximate surface area is 186 Å². The van der Waals surface area contributed by atoms with Gasteiger partial charge in [-0.05, 0) is 73.4 Å². The second-order valence-electron chi connectivity index (χ2n) is 8.35. The Morgan fingerprint density at radius 1 is 0.844 bits per heavy atom. The first-order valence-corrected chi connectivity index (χ1v) is 11.0. The smallest absolute Gasteiger partial charge is 0.315 e. The predicted molar refractivity (Wildman–Crippen MR) is 117 cm³/mol. The van der Waals surface area contributed by atoms with Gasteiger partial charge in [-0.1, -0.05) is 12.1 Å². The van der Waals surface area contributed by atoms with Gasteiger partial charge in [0, 0.05) is 25.2 Å². The average Bonchev–Trinajstić information content (AvgIpc) is 3.29. The van der Waals surface area contributed by atoms with E-state index in [2.05, 4.69) is 16.0 Å². The van der Waals surface area contributed by atoms with Gasteiger partial charge >= 0.3 is 6.03 Å². The van der Waals surface area contributed by atoms with Gasteiger partial charge in [-0.2, -0.15) is 0 Å². The average molecular weight is 442 g/mol. The van der Waals surface area contributed by atoms with Crippen LogP contribution in [-0.2, 0) is 6.54 Å². The van der Waals surface area contributed by atoms with Crippen molar-refractivity contribution in [3.63, 3.8) is 0 Å². The fraction of sp³-hybridized carbons (Fsp3) is 0.417. The molecular weight excluding hydrogens is 413 g/mol. The van der Waals surface area contributed by atoms with Gasteiger partial charge in [-0.15, -0.1) is 0 Å². The van der Waals surface area contributed by atoms with Crippen LogP contribution in [0.4, 0.5) is 9.18 Å². The van der Waals surface area contributed by atoms with Crippen molar-refractivity contribution in [2.45, 2.75) is 32.2 Å². The summed E-state index contributed by atoms with van der Waals surface area (Å²) in [5.74, 6) is 1.75. The number of fused-ring (bicyclic) bond motifs is 1. The van der Waals surface area contributed by atoms with E-state index >= 15 is 0 Å². The lowest BCUT2D eigenvalue weighted by atomic mass is 9.82. The molecule has 3 amide bonds. The summed E-state index contributed by atoms with van der Waals surface area (Å²) in [6, 6.07) is 11.1. The maximum Gasteiger partial charge on any atom is 0.315 e. The Kier molecular flexibility index (Phi) is 7.09. The highest BCUT2D eigenvalue weighted by Gasteiger charge is 2.23. The summed E-state index contributed by atoms with van der Waals surface area (Å²) in [6.07, 6.45) is 4.07. The minimum Gasteiger partial charge on any atom is -0.454 e. The number of nitrogens with one attached hydrogen (secondary N) is 3. The molecular formula is C24H28FN3O4. The molecule has 1 saturated carbocycles. The number of hydrogen-bond acceptors (Lipinski definition) is 4. The molecule has 3 N–H and O–H groups in total. The van der Waals surface area contributed by atoms with Crippen molar-refractivity contribution in [2.75, 3.05) is 19.9 Å². The Balaban J connectivity index is 1.11. The maximum atomic E-state index is 12.9. The van der Waals surface area contributed by atoms with E-state index in [0.29, 0.717) is 48.5 Å². The number of carbonyl (C=O) groups excluding carboxylic acids is 2. The lowest BCUT2D eigenvalue weighted by molar-refractivity contribution is 0.0940. The van der Waals surface area contributed by atoms with Crippen LogP contribution in [0.1, 0.15) is 41.6 Å². The molecule has 1 fully saturated rings. The molecule has 0 saturated heterocycles. The van der Waals surface area contributed by atoms with Crippen LogP contribution in [0.5, 0.6) is 11.5 Å². The largest absolute Gasteiger partial charge is 0.454 e. The topological polar surface area (TPSA) is 88.7 Å². The van der Waals surface area contributed by atoms with E-state index in [4.69, 9.17) is 9.47 Å². The zero-order valence-corrected chi connectivity index (χ0v) is 17.9. The number of urea groups is 1. The van der Waals surface area contributed by atoms with E-state index in [1.807, 2.05) is 0 Å². The van der Waals surface area contributed by atoms with E-state index < -0.39 is 0 Å². The van der Waals surface area contributed by atoms with Gasteiger partial charge in [0.1, 0.15) is 5.82 Å². The molecule has 0 radical (unpaired) electrons. The van der Waals surface area contributed by atoms with Crippen LogP contribution >= 0.6 is 0 Å². The maximum absolute atomic E-state index is 12.9. The third-order valence-corrected chi connectivity index (χ3v) is 6.07. The van der Waals surface area contributed by atoms with E-state index in [1.165, 1.54) is 12.1 Å². The van der Waals surface area contributed by atoms with Crippen LogP contribution < -0.4 is 25.4 Å². The van der Waals surface area contributed by atoms with Gasteiger partial charge in [0.05, 0.1) is 0 Å². The fourth-order valence-corrected chi connectivity index (χ4v) is 4.10. The first-order valence-electron chi connectivity index (χ1n) is 11.0. The first kappa shape index (κ1) is 21.9. The van der Waals surface area contributed by atoms with Crippen LogP contribution in [0.25, 0.3) is 0 Å². The van der Waals surface area contributed by atoms with Gasteiger partial charge in [0.15, 0.2) is 11.5 Å². The monoisotopic (exact) mass is 441 g/mol. The minimum atomic E-state index is -0.290. The highest BCUT2D eigenvalue weighted by atomic mass is 19.1. The fourth-order valence-electron chi connectivity index (χ4n) is 4.10. The molecule has 32 heavy (non-hydrogen) atoms.